The molecule has 0 saturated heterocycles. The van der Waals surface area contributed by atoms with Gasteiger partial charge in [0, 0.05) is 6.54 Å². The number of halogens is 1. The van der Waals surface area contributed by atoms with Crippen molar-refractivity contribution in [2.75, 3.05) is 26.2 Å². The molecule has 1 aliphatic rings. The topological polar surface area (TPSA) is 12.5 Å². The van der Waals surface area contributed by atoms with Crippen LogP contribution in [0.1, 0.15) is 37.0 Å². The number of hydrogen-bond acceptors (Lipinski definition) is 2. The second-order valence-electron chi connectivity index (χ2n) is 7.45. The highest BCUT2D eigenvalue weighted by molar-refractivity contribution is 6.06. The van der Waals surface area contributed by atoms with Crippen LogP contribution in [0.25, 0.3) is 22.8 Å². The molecule has 0 heterocycles. The first-order chi connectivity index (χ1) is 14.3. The Labute approximate surface area is 186 Å². The summed E-state index contributed by atoms with van der Waals surface area (Å²) >= 11 is 0. The van der Waals surface area contributed by atoms with Crippen molar-refractivity contribution in [3.05, 3.63) is 89.5 Å². The molecule has 0 saturated carbocycles. The molecule has 0 amide bonds. The molecular formula is C27H30ClNO. The maximum absolute atomic E-state index is 5.94. The molecule has 0 fully saturated rings. The highest BCUT2D eigenvalue weighted by Gasteiger charge is 2.22. The van der Waals surface area contributed by atoms with Crippen molar-refractivity contribution in [3.8, 4) is 16.9 Å². The van der Waals surface area contributed by atoms with Crippen molar-refractivity contribution in [1.82, 2.24) is 4.90 Å². The molecular weight excluding hydrogens is 390 g/mol. The van der Waals surface area contributed by atoms with Crippen molar-refractivity contribution in [3.63, 3.8) is 0 Å². The molecule has 2 nitrogen and oxygen atoms in total. The summed E-state index contributed by atoms with van der Waals surface area (Å²) in [4.78, 5) is 2.43. The Hall–Kier alpha value is -2.55. The number of hydrogen-bond donors (Lipinski definition) is 0. The minimum atomic E-state index is 0. The van der Waals surface area contributed by atoms with Crippen LogP contribution in [0.4, 0.5) is 0 Å². The first kappa shape index (κ1) is 22.1. The van der Waals surface area contributed by atoms with Crippen molar-refractivity contribution in [2.24, 2.45) is 0 Å². The average molecular weight is 420 g/mol. The molecule has 0 unspecified atom stereocenters. The van der Waals surface area contributed by atoms with E-state index in [1.807, 2.05) is 0 Å². The Bertz CT molecular complexity index is 942. The number of rotatable bonds is 8. The van der Waals surface area contributed by atoms with Gasteiger partial charge in [0.25, 0.3) is 0 Å². The van der Waals surface area contributed by atoms with Crippen molar-refractivity contribution in [1.29, 1.82) is 0 Å². The van der Waals surface area contributed by atoms with E-state index in [2.05, 4.69) is 97.6 Å². The fraction of sp³-hybridized carbons (Fsp3) is 0.259. The van der Waals surface area contributed by atoms with Crippen LogP contribution in [0.3, 0.4) is 0 Å². The molecule has 3 aromatic carbocycles. The SMILES string of the molecule is CCN(CC)CCCOc1ccc(C=C2c3ccccc3-c3ccccc32)cc1.Cl. The average Bonchev–Trinajstić information content (AvgIpc) is 3.09. The fourth-order valence-electron chi connectivity index (χ4n) is 4.05. The van der Waals surface area contributed by atoms with Gasteiger partial charge < -0.3 is 9.64 Å². The van der Waals surface area contributed by atoms with E-state index in [9.17, 15) is 0 Å². The third kappa shape index (κ3) is 4.77. The summed E-state index contributed by atoms with van der Waals surface area (Å²) in [5.41, 5.74) is 7.76. The van der Waals surface area contributed by atoms with Crippen molar-refractivity contribution < 1.29 is 4.74 Å². The molecule has 0 aromatic heterocycles. The van der Waals surface area contributed by atoms with Crippen LogP contribution in [0, 0.1) is 0 Å². The number of benzene rings is 3. The van der Waals surface area contributed by atoms with Gasteiger partial charge in [-0.05, 0) is 71.1 Å². The second kappa shape index (κ2) is 10.5. The molecule has 0 N–H and O–H groups in total. The Balaban J connectivity index is 0.00000256. The molecule has 0 bridgehead atoms. The highest BCUT2D eigenvalue weighted by Crippen LogP contribution is 2.44. The zero-order valence-electron chi connectivity index (χ0n) is 17.8. The standard InChI is InChI=1S/C27H29NO.ClH/c1-3-28(4-2)18-9-19-29-22-16-14-21(15-17-22)20-27-25-12-7-5-10-23(25)24-11-6-8-13-26(24)27;/h5-8,10-17,20H,3-4,9,18-19H2,1-2H3;1H. The van der Waals surface area contributed by atoms with Crippen LogP contribution >= 0.6 is 12.4 Å². The molecule has 156 valence electrons. The van der Waals surface area contributed by atoms with E-state index in [0.29, 0.717) is 0 Å². The lowest BCUT2D eigenvalue weighted by molar-refractivity contribution is 0.249. The Morgan fingerprint density at radius 3 is 1.80 bits per heavy atom. The summed E-state index contributed by atoms with van der Waals surface area (Å²) < 4.78 is 5.94. The summed E-state index contributed by atoms with van der Waals surface area (Å²) in [5.74, 6) is 0.943. The molecule has 3 heteroatoms. The lowest BCUT2D eigenvalue weighted by Crippen LogP contribution is -2.25. The van der Waals surface area contributed by atoms with Gasteiger partial charge in [0.05, 0.1) is 6.61 Å². The Morgan fingerprint density at radius 1 is 0.733 bits per heavy atom. The summed E-state index contributed by atoms with van der Waals surface area (Å²) in [5, 5.41) is 0. The minimum Gasteiger partial charge on any atom is -0.494 e. The molecule has 30 heavy (non-hydrogen) atoms. The Morgan fingerprint density at radius 2 is 1.27 bits per heavy atom. The fourth-order valence-corrected chi connectivity index (χ4v) is 4.05. The van der Waals surface area contributed by atoms with Crippen LogP contribution < -0.4 is 4.74 Å². The van der Waals surface area contributed by atoms with E-state index < -0.39 is 0 Å². The predicted molar refractivity (Wildman–Crippen MR) is 130 cm³/mol. The van der Waals surface area contributed by atoms with Gasteiger partial charge in [-0.25, -0.2) is 0 Å². The van der Waals surface area contributed by atoms with Crippen LogP contribution in [-0.2, 0) is 0 Å². The normalized spacial score (nSPS) is 11.6. The van der Waals surface area contributed by atoms with E-state index >= 15 is 0 Å². The van der Waals surface area contributed by atoms with E-state index in [4.69, 9.17) is 4.74 Å². The molecule has 0 radical (unpaired) electrons. The van der Waals surface area contributed by atoms with Gasteiger partial charge in [0.2, 0.25) is 0 Å². The predicted octanol–water partition coefficient (Wildman–Crippen LogP) is 6.79. The lowest BCUT2D eigenvalue weighted by atomic mass is 10.0. The van der Waals surface area contributed by atoms with Gasteiger partial charge in [-0.2, -0.15) is 0 Å². The van der Waals surface area contributed by atoms with Gasteiger partial charge in [0.1, 0.15) is 5.75 Å². The monoisotopic (exact) mass is 419 g/mol. The van der Waals surface area contributed by atoms with Gasteiger partial charge in [-0.1, -0.05) is 74.5 Å². The molecule has 1 aliphatic carbocycles. The third-order valence-corrected chi connectivity index (χ3v) is 5.70. The van der Waals surface area contributed by atoms with Crippen LogP contribution in [-0.4, -0.2) is 31.1 Å². The number of nitrogens with zero attached hydrogens (tertiary/aromatic N) is 1. The largest absolute Gasteiger partial charge is 0.494 e. The summed E-state index contributed by atoms with van der Waals surface area (Å²) in [7, 11) is 0. The quantitative estimate of drug-likeness (QED) is 0.291. The summed E-state index contributed by atoms with van der Waals surface area (Å²) in [6.07, 6.45) is 3.34. The maximum atomic E-state index is 5.94. The summed E-state index contributed by atoms with van der Waals surface area (Å²) in [6, 6.07) is 25.8. The lowest BCUT2D eigenvalue weighted by Gasteiger charge is -2.17. The van der Waals surface area contributed by atoms with E-state index in [1.165, 1.54) is 33.4 Å². The van der Waals surface area contributed by atoms with Crippen LogP contribution in [0.15, 0.2) is 72.8 Å². The van der Waals surface area contributed by atoms with Crippen LogP contribution in [0.2, 0.25) is 0 Å². The maximum Gasteiger partial charge on any atom is 0.119 e. The molecule has 0 atom stereocenters. The third-order valence-electron chi connectivity index (χ3n) is 5.70. The van der Waals surface area contributed by atoms with E-state index in [-0.39, 0.29) is 12.4 Å². The zero-order chi connectivity index (χ0) is 20.1. The van der Waals surface area contributed by atoms with Gasteiger partial charge in [-0.15, -0.1) is 12.4 Å². The first-order valence-corrected chi connectivity index (χ1v) is 10.7. The highest BCUT2D eigenvalue weighted by atomic mass is 35.5. The Kier molecular flexibility index (Phi) is 7.73. The molecule has 0 aliphatic heterocycles. The van der Waals surface area contributed by atoms with Crippen molar-refractivity contribution >= 4 is 24.1 Å². The van der Waals surface area contributed by atoms with E-state index in [0.717, 1.165) is 38.4 Å². The molecule has 3 aromatic rings. The minimum absolute atomic E-state index is 0. The molecule has 0 spiro atoms. The first-order valence-electron chi connectivity index (χ1n) is 10.7. The van der Waals surface area contributed by atoms with E-state index in [1.54, 1.807) is 0 Å². The van der Waals surface area contributed by atoms with Gasteiger partial charge >= 0.3 is 0 Å². The zero-order valence-corrected chi connectivity index (χ0v) is 18.6. The second-order valence-corrected chi connectivity index (χ2v) is 7.45. The van der Waals surface area contributed by atoms with Gasteiger partial charge in [-0.3, -0.25) is 0 Å². The van der Waals surface area contributed by atoms with Crippen molar-refractivity contribution in [2.45, 2.75) is 20.3 Å². The molecule has 4 rings (SSSR count). The smallest absolute Gasteiger partial charge is 0.119 e. The number of fused-ring (bicyclic) bond motifs is 3. The number of ether oxygens (including phenoxy) is 1. The summed E-state index contributed by atoms with van der Waals surface area (Å²) in [6.45, 7) is 8.48. The van der Waals surface area contributed by atoms with Crippen LogP contribution in [0.5, 0.6) is 5.75 Å². The van der Waals surface area contributed by atoms with Gasteiger partial charge in [0.15, 0.2) is 0 Å².